The molecule has 0 aliphatic rings. The van der Waals surface area contributed by atoms with Crippen LogP contribution in [0.15, 0.2) is 12.7 Å². The standard InChI is InChI=1S/C10H18O5/c1-2-10(12)15-9-8-14-7-6-13-5-3-4-11/h2,11H,1,3-9H2. The van der Waals surface area contributed by atoms with Crippen molar-refractivity contribution in [1.29, 1.82) is 0 Å². The topological polar surface area (TPSA) is 65.0 Å². The lowest BCUT2D eigenvalue weighted by Gasteiger charge is -2.05. The molecule has 0 radical (unpaired) electrons. The summed E-state index contributed by atoms with van der Waals surface area (Å²) in [5, 5.41) is 8.45. The zero-order chi connectivity index (χ0) is 11.4. The molecule has 0 aromatic rings. The minimum Gasteiger partial charge on any atom is -0.460 e. The Morgan fingerprint density at radius 1 is 1.13 bits per heavy atom. The van der Waals surface area contributed by atoms with Crippen LogP contribution in [0.2, 0.25) is 0 Å². The van der Waals surface area contributed by atoms with Gasteiger partial charge in [0.05, 0.1) is 19.8 Å². The third-order valence-electron chi connectivity index (χ3n) is 1.46. The zero-order valence-corrected chi connectivity index (χ0v) is 8.81. The molecule has 0 spiro atoms. The number of carbonyl (C=O) groups is 1. The van der Waals surface area contributed by atoms with E-state index in [0.717, 1.165) is 6.08 Å². The molecule has 0 aromatic heterocycles. The van der Waals surface area contributed by atoms with Gasteiger partial charge in [-0.1, -0.05) is 6.58 Å². The Hall–Kier alpha value is -0.910. The average Bonchev–Trinajstić information content (AvgIpc) is 2.26. The summed E-state index contributed by atoms with van der Waals surface area (Å²) in [6.07, 6.45) is 1.74. The summed E-state index contributed by atoms with van der Waals surface area (Å²) in [4.78, 5) is 10.6. The maximum Gasteiger partial charge on any atom is 0.330 e. The number of ether oxygens (including phenoxy) is 3. The fourth-order valence-corrected chi connectivity index (χ4v) is 0.749. The van der Waals surface area contributed by atoms with Crippen molar-refractivity contribution in [3.8, 4) is 0 Å². The van der Waals surface area contributed by atoms with Gasteiger partial charge in [0.1, 0.15) is 6.61 Å². The molecule has 5 nitrogen and oxygen atoms in total. The first-order chi connectivity index (χ1) is 7.31. The van der Waals surface area contributed by atoms with Crippen LogP contribution in [0.1, 0.15) is 6.42 Å². The second-order valence-electron chi connectivity index (χ2n) is 2.67. The van der Waals surface area contributed by atoms with E-state index >= 15 is 0 Å². The molecule has 0 saturated carbocycles. The highest BCUT2D eigenvalue weighted by Gasteiger charge is 1.94. The second kappa shape index (κ2) is 11.2. The average molecular weight is 218 g/mol. The number of carbonyl (C=O) groups excluding carboxylic acids is 1. The smallest absolute Gasteiger partial charge is 0.330 e. The van der Waals surface area contributed by atoms with Crippen molar-refractivity contribution in [3.05, 3.63) is 12.7 Å². The number of hydrogen-bond donors (Lipinski definition) is 1. The van der Waals surface area contributed by atoms with Gasteiger partial charge >= 0.3 is 5.97 Å². The normalized spacial score (nSPS) is 9.93. The molecule has 0 heterocycles. The summed E-state index contributed by atoms with van der Waals surface area (Å²) < 4.78 is 14.9. The molecule has 15 heavy (non-hydrogen) atoms. The van der Waals surface area contributed by atoms with Gasteiger partial charge in [-0.3, -0.25) is 0 Å². The molecular formula is C10H18O5. The fourth-order valence-electron chi connectivity index (χ4n) is 0.749. The number of esters is 1. The quantitative estimate of drug-likeness (QED) is 0.321. The van der Waals surface area contributed by atoms with Crippen molar-refractivity contribution in [3.63, 3.8) is 0 Å². The predicted molar refractivity (Wildman–Crippen MR) is 54.5 cm³/mol. The summed E-state index contributed by atoms with van der Waals surface area (Å²) in [5.41, 5.74) is 0. The van der Waals surface area contributed by atoms with Crippen LogP contribution in [0.25, 0.3) is 0 Å². The first-order valence-electron chi connectivity index (χ1n) is 4.86. The number of hydrogen-bond acceptors (Lipinski definition) is 5. The van der Waals surface area contributed by atoms with E-state index in [1.165, 1.54) is 0 Å². The molecule has 0 aliphatic carbocycles. The number of rotatable bonds is 10. The van der Waals surface area contributed by atoms with Crippen molar-refractivity contribution in [2.75, 3.05) is 39.6 Å². The maximum absolute atomic E-state index is 10.6. The lowest BCUT2D eigenvalue weighted by Crippen LogP contribution is -2.11. The number of aliphatic hydroxyl groups excluding tert-OH is 1. The summed E-state index contributed by atoms with van der Waals surface area (Å²) in [6.45, 7) is 5.44. The summed E-state index contributed by atoms with van der Waals surface area (Å²) in [7, 11) is 0. The van der Waals surface area contributed by atoms with E-state index in [1.54, 1.807) is 0 Å². The first kappa shape index (κ1) is 14.1. The first-order valence-corrected chi connectivity index (χ1v) is 4.86. The molecule has 5 heteroatoms. The molecule has 0 unspecified atom stereocenters. The largest absolute Gasteiger partial charge is 0.460 e. The van der Waals surface area contributed by atoms with Gasteiger partial charge in [0.2, 0.25) is 0 Å². The highest BCUT2D eigenvalue weighted by Crippen LogP contribution is 1.84. The molecule has 0 bridgehead atoms. The van der Waals surface area contributed by atoms with Crippen molar-refractivity contribution in [2.24, 2.45) is 0 Å². The zero-order valence-electron chi connectivity index (χ0n) is 8.81. The van der Waals surface area contributed by atoms with Gasteiger partial charge in [-0.2, -0.15) is 0 Å². The van der Waals surface area contributed by atoms with Crippen LogP contribution in [-0.4, -0.2) is 50.7 Å². The molecule has 0 atom stereocenters. The van der Waals surface area contributed by atoms with Crippen molar-refractivity contribution in [1.82, 2.24) is 0 Å². The van der Waals surface area contributed by atoms with E-state index in [0.29, 0.717) is 32.8 Å². The molecule has 0 fully saturated rings. The third kappa shape index (κ3) is 11.0. The minimum atomic E-state index is -0.446. The molecular weight excluding hydrogens is 200 g/mol. The Kier molecular flexibility index (Phi) is 10.5. The second-order valence-corrected chi connectivity index (χ2v) is 2.67. The van der Waals surface area contributed by atoms with Gasteiger partial charge in [0, 0.05) is 19.3 Å². The summed E-state index contributed by atoms with van der Waals surface area (Å²) in [5.74, 6) is -0.446. The van der Waals surface area contributed by atoms with E-state index in [2.05, 4.69) is 11.3 Å². The predicted octanol–water partition coefficient (Wildman–Crippen LogP) is 0.131. The molecule has 88 valence electrons. The van der Waals surface area contributed by atoms with E-state index in [-0.39, 0.29) is 13.2 Å². The maximum atomic E-state index is 10.6. The van der Waals surface area contributed by atoms with E-state index < -0.39 is 5.97 Å². The van der Waals surface area contributed by atoms with E-state index in [9.17, 15) is 4.79 Å². The Balaban J connectivity index is 2.98. The van der Waals surface area contributed by atoms with Gasteiger partial charge in [-0.25, -0.2) is 4.79 Å². The molecule has 0 amide bonds. The molecule has 0 aliphatic heterocycles. The molecule has 1 N–H and O–H groups in total. The Bertz CT molecular complexity index is 169. The SMILES string of the molecule is C=CC(=O)OCCOCCOCCCO. The summed E-state index contributed by atoms with van der Waals surface area (Å²) >= 11 is 0. The molecule has 0 rings (SSSR count). The molecule has 0 aromatic carbocycles. The highest BCUT2D eigenvalue weighted by atomic mass is 16.6. The van der Waals surface area contributed by atoms with Gasteiger partial charge in [-0.05, 0) is 6.42 Å². The Morgan fingerprint density at radius 2 is 1.73 bits per heavy atom. The minimum absolute atomic E-state index is 0.137. The van der Waals surface area contributed by atoms with Gasteiger partial charge in [-0.15, -0.1) is 0 Å². The fraction of sp³-hybridized carbons (Fsp3) is 0.700. The lowest BCUT2D eigenvalue weighted by atomic mass is 10.5. The van der Waals surface area contributed by atoms with Crippen molar-refractivity contribution < 1.29 is 24.1 Å². The van der Waals surface area contributed by atoms with E-state index in [1.807, 2.05) is 0 Å². The van der Waals surface area contributed by atoms with Crippen LogP contribution < -0.4 is 0 Å². The van der Waals surface area contributed by atoms with Crippen LogP contribution in [0.4, 0.5) is 0 Å². The van der Waals surface area contributed by atoms with Crippen LogP contribution in [0.5, 0.6) is 0 Å². The van der Waals surface area contributed by atoms with Crippen molar-refractivity contribution in [2.45, 2.75) is 6.42 Å². The van der Waals surface area contributed by atoms with Crippen molar-refractivity contribution >= 4 is 5.97 Å². The van der Waals surface area contributed by atoms with Gasteiger partial charge < -0.3 is 19.3 Å². The van der Waals surface area contributed by atoms with Gasteiger partial charge in [0.25, 0.3) is 0 Å². The van der Waals surface area contributed by atoms with Crippen LogP contribution in [0, 0.1) is 0 Å². The highest BCUT2D eigenvalue weighted by molar-refractivity contribution is 5.81. The third-order valence-corrected chi connectivity index (χ3v) is 1.46. The summed E-state index contributed by atoms with van der Waals surface area (Å²) in [6, 6.07) is 0. The Morgan fingerprint density at radius 3 is 2.33 bits per heavy atom. The molecule has 0 saturated heterocycles. The van der Waals surface area contributed by atoms with Gasteiger partial charge in [0.15, 0.2) is 0 Å². The lowest BCUT2D eigenvalue weighted by molar-refractivity contribution is -0.139. The van der Waals surface area contributed by atoms with Crippen LogP contribution >= 0.6 is 0 Å². The van der Waals surface area contributed by atoms with Crippen LogP contribution in [0.3, 0.4) is 0 Å². The Labute approximate surface area is 89.6 Å². The number of aliphatic hydroxyl groups is 1. The van der Waals surface area contributed by atoms with Crippen LogP contribution in [-0.2, 0) is 19.0 Å². The van der Waals surface area contributed by atoms with E-state index in [4.69, 9.17) is 14.6 Å². The monoisotopic (exact) mass is 218 g/mol.